The van der Waals surface area contributed by atoms with Crippen LogP contribution in [0.2, 0.25) is 0 Å². The quantitative estimate of drug-likeness (QED) is 0.840. The molecule has 1 aromatic carbocycles. The van der Waals surface area contributed by atoms with Crippen LogP contribution in [0.5, 0.6) is 0 Å². The van der Waals surface area contributed by atoms with Crippen molar-refractivity contribution in [3.8, 4) is 0 Å². The lowest BCUT2D eigenvalue weighted by Gasteiger charge is -2.36. The second-order valence-electron chi connectivity index (χ2n) is 7.64. The molecule has 0 radical (unpaired) electrons. The summed E-state index contributed by atoms with van der Waals surface area (Å²) in [4.78, 5) is 15.2. The number of fused-ring (bicyclic) bond motifs is 1. The van der Waals surface area contributed by atoms with Crippen LogP contribution in [0, 0.1) is 5.92 Å². The van der Waals surface area contributed by atoms with E-state index in [9.17, 15) is 4.79 Å². The number of rotatable bonds is 5. The predicted octanol–water partition coefficient (Wildman–Crippen LogP) is 4.54. The van der Waals surface area contributed by atoms with E-state index < -0.39 is 0 Å². The molecule has 1 unspecified atom stereocenters. The number of hydrogen-bond donors (Lipinski definition) is 1. The number of hydrogen-bond acceptors (Lipinski definition) is 3. The molecule has 1 aliphatic carbocycles. The molecule has 1 saturated carbocycles. The van der Waals surface area contributed by atoms with Crippen LogP contribution in [0.1, 0.15) is 54.8 Å². The van der Waals surface area contributed by atoms with Gasteiger partial charge in [0, 0.05) is 25.6 Å². The van der Waals surface area contributed by atoms with E-state index in [1.807, 2.05) is 0 Å². The first kappa shape index (κ1) is 17.7. The van der Waals surface area contributed by atoms with Gasteiger partial charge in [0.05, 0.1) is 6.04 Å². The molecule has 2 aliphatic rings. The second kappa shape index (κ2) is 8.36. The third-order valence-electron chi connectivity index (χ3n) is 5.97. The van der Waals surface area contributed by atoms with E-state index in [4.69, 9.17) is 0 Å². The van der Waals surface area contributed by atoms with Crippen molar-refractivity contribution in [2.75, 3.05) is 13.1 Å². The van der Waals surface area contributed by atoms with Gasteiger partial charge in [0.1, 0.15) is 0 Å². The molecular weight excluding hydrogens is 340 g/mol. The van der Waals surface area contributed by atoms with Crippen molar-refractivity contribution in [3.63, 3.8) is 0 Å². The summed E-state index contributed by atoms with van der Waals surface area (Å²) in [6.45, 7) is 2.74. The first-order valence-electron chi connectivity index (χ1n) is 9.92. The van der Waals surface area contributed by atoms with Crippen LogP contribution in [0.4, 0.5) is 0 Å². The molecule has 1 aromatic heterocycles. The third kappa shape index (κ3) is 4.02. The van der Waals surface area contributed by atoms with Crippen molar-refractivity contribution >= 4 is 17.2 Å². The highest BCUT2D eigenvalue weighted by atomic mass is 32.1. The van der Waals surface area contributed by atoms with Crippen molar-refractivity contribution < 1.29 is 4.79 Å². The number of amides is 1. The molecule has 0 saturated heterocycles. The van der Waals surface area contributed by atoms with Gasteiger partial charge >= 0.3 is 0 Å². The van der Waals surface area contributed by atoms with Crippen LogP contribution in [0.25, 0.3) is 0 Å². The van der Waals surface area contributed by atoms with E-state index in [0.717, 1.165) is 32.4 Å². The zero-order valence-electron chi connectivity index (χ0n) is 15.3. The Balaban J connectivity index is 1.44. The number of nitrogens with one attached hydrogen (secondary N) is 1. The average Bonchev–Trinajstić information content (AvgIpc) is 3.23. The fraction of sp³-hybridized carbons (Fsp3) is 0.500. The number of carbonyl (C=O) groups is 1. The van der Waals surface area contributed by atoms with Crippen LogP contribution in [0.15, 0.2) is 41.1 Å². The Morgan fingerprint density at radius 3 is 2.73 bits per heavy atom. The van der Waals surface area contributed by atoms with Crippen LogP contribution in [-0.2, 0) is 17.8 Å². The molecule has 3 nitrogen and oxygen atoms in total. The fourth-order valence-electron chi connectivity index (χ4n) is 4.41. The zero-order valence-corrected chi connectivity index (χ0v) is 16.1. The summed E-state index contributed by atoms with van der Waals surface area (Å²) >= 11 is 1.74. The van der Waals surface area contributed by atoms with Gasteiger partial charge in [-0.25, -0.2) is 0 Å². The predicted molar refractivity (Wildman–Crippen MR) is 107 cm³/mol. The maximum atomic E-state index is 12.6. The van der Waals surface area contributed by atoms with Gasteiger partial charge in [-0.15, -0.1) is 0 Å². The summed E-state index contributed by atoms with van der Waals surface area (Å²) < 4.78 is 0. The molecule has 26 heavy (non-hydrogen) atoms. The minimum Gasteiger partial charge on any atom is -0.354 e. The van der Waals surface area contributed by atoms with Crippen LogP contribution in [-0.4, -0.2) is 23.9 Å². The first-order valence-corrected chi connectivity index (χ1v) is 10.9. The normalized spacial score (nSPS) is 19.7. The van der Waals surface area contributed by atoms with Crippen LogP contribution in [0.3, 0.4) is 0 Å². The minimum atomic E-state index is 0.231. The molecule has 138 valence electrons. The summed E-state index contributed by atoms with van der Waals surface area (Å²) in [5.41, 5.74) is 4.23. The van der Waals surface area contributed by atoms with Crippen molar-refractivity contribution in [1.82, 2.24) is 10.2 Å². The lowest BCUT2D eigenvalue weighted by Crippen LogP contribution is -2.42. The molecular formula is C22H28N2OS. The maximum Gasteiger partial charge on any atom is 0.223 e. The summed E-state index contributed by atoms with van der Waals surface area (Å²) in [7, 11) is 0. The van der Waals surface area contributed by atoms with E-state index in [2.05, 4.69) is 51.3 Å². The Morgan fingerprint density at radius 2 is 1.96 bits per heavy atom. The van der Waals surface area contributed by atoms with Gasteiger partial charge in [0.2, 0.25) is 5.91 Å². The Kier molecular flexibility index (Phi) is 5.71. The smallest absolute Gasteiger partial charge is 0.223 e. The third-order valence-corrected chi connectivity index (χ3v) is 6.68. The molecule has 1 aliphatic heterocycles. The fourth-order valence-corrected chi connectivity index (χ4v) is 5.12. The standard InChI is InChI=1S/C22H28N2OS/c25-22(18-7-2-1-3-8-18)23-14-21(20-11-13-26-16-20)24-12-10-17-6-4-5-9-19(17)15-24/h4-6,9,11,13,16,18,21H,1-3,7-8,10,12,14-15H2,(H,23,25). The number of thiophene rings is 1. The van der Waals surface area contributed by atoms with E-state index in [1.165, 1.54) is 36.0 Å². The van der Waals surface area contributed by atoms with E-state index >= 15 is 0 Å². The van der Waals surface area contributed by atoms with Crippen molar-refractivity contribution in [2.24, 2.45) is 5.92 Å². The molecule has 1 N–H and O–H groups in total. The van der Waals surface area contributed by atoms with Crippen molar-refractivity contribution in [3.05, 3.63) is 57.8 Å². The van der Waals surface area contributed by atoms with Gasteiger partial charge < -0.3 is 5.32 Å². The SMILES string of the molecule is O=C(NCC(c1ccsc1)N1CCc2ccccc2C1)C1CCCCC1. The first-order chi connectivity index (χ1) is 12.8. The lowest BCUT2D eigenvalue weighted by atomic mass is 9.88. The maximum absolute atomic E-state index is 12.6. The van der Waals surface area contributed by atoms with Gasteiger partial charge in [0.15, 0.2) is 0 Å². The van der Waals surface area contributed by atoms with Crippen LogP contribution < -0.4 is 5.32 Å². The highest BCUT2D eigenvalue weighted by molar-refractivity contribution is 7.07. The summed E-state index contributed by atoms with van der Waals surface area (Å²) in [5.74, 6) is 0.497. The minimum absolute atomic E-state index is 0.231. The Hall–Kier alpha value is -1.65. The van der Waals surface area contributed by atoms with Crippen LogP contribution >= 0.6 is 11.3 Å². The van der Waals surface area contributed by atoms with E-state index in [1.54, 1.807) is 11.3 Å². The molecule has 2 aromatic rings. The van der Waals surface area contributed by atoms with Gasteiger partial charge in [-0.1, -0.05) is 43.5 Å². The Morgan fingerprint density at radius 1 is 1.15 bits per heavy atom. The molecule has 1 fully saturated rings. The van der Waals surface area contributed by atoms with Gasteiger partial charge in [0.25, 0.3) is 0 Å². The summed E-state index contributed by atoms with van der Waals surface area (Å²) in [6, 6.07) is 11.2. The van der Waals surface area contributed by atoms with Crippen molar-refractivity contribution in [1.29, 1.82) is 0 Å². The van der Waals surface area contributed by atoms with E-state index in [-0.39, 0.29) is 17.9 Å². The average molecular weight is 369 g/mol. The zero-order chi connectivity index (χ0) is 17.8. The number of nitrogens with zero attached hydrogens (tertiary/aromatic N) is 1. The molecule has 0 bridgehead atoms. The summed E-state index contributed by atoms with van der Waals surface area (Å²) in [5, 5.41) is 7.66. The molecule has 2 heterocycles. The highest BCUT2D eigenvalue weighted by Gasteiger charge is 2.27. The topological polar surface area (TPSA) is 32.3 Å². The molecule has 4 heteroatoms. The Labute approximate surface area is 160 Å². The molecule has 1 atom stereocenters. The number of benzene rings is 1. The Bertz CT molecular complexity index is 722. The van der Waals surface area contributed by atoms with Gasteiger partial charge in [-0.3, -0.25) is 9.69 Å². The number of carbonyl (C=O) groups excluding carboxylic acids is 1. The highest BCUT2D eigenvalue weighted by Crippen LogP contribution is 2.29. The summed E-state index contributed by atoms with van der Waals surface area (Å²) in [6.07, 6.45) is 6.91. The largest absolute Gasteiger partial charge is 0.354 e. The van der Waals surface area contributed by atoms with Gasteiger partial charge in [-0.05, 0) is 52.8 Å². The second-order valence-corrected chi connectivity index (χ2v) is 8.42. The lowest BCUT2D eigenvalue weighted by molar-refractivity contribution is -0.126. The van der Waals surface area contributed by atoms with Gasteiger partial charge in [-0.2, -0.15) is 11.3 Å². The monoisotopic (exact) mass is 368 g/mol. The van der Waals surface area contributed by atoms with E-state index in [0.29, 0.717) is 6.54 Å². The molecule has 1 amide bonds. The molecule has 0 spiro atoms. The van der Waals surface area contributed by atoms with Crippen molar-refractivity contribution in [2.45, 2.75) is 51.1 Å². The molecule has 4 rings (SSSR count).